The lowest BCUT2D eigenvalue weighted by atomic mass is 10.1. The van der Waals surface area contributed by atoms with Crippen LogP contribution in [-0.2, 0) is 0 Å². The number of aromatic amines is 1. The summed E-state index contributed by atoms with van der Waals surface area (Å²) in [6.07, 6.45) is 4.75. The number of H-pyrrole nitrogens is 1. The number of rotatable bonds is 7. The number of nitrogens with zero attached hydrogens (tertiary/aromatic N) is 2. The number of nitrogens with one attached hydrogen (secondary N) is 1. The lowest BCUT2D eigenvalue weighted by molar-refractivity contribution is 0.457. The van der Waals surface area contributed by atoms with Gasteiger partial charge in [0.2, 0.25) is 0 Å². The minimum atomic E-state index is -0.452. The van der Waals surface area contributed by atoms with E-state index >= 15 is 0 Å². The summed E-state index contributed by atoms with van der Waals surface area (Å²) in [5.41, 5.74) is 1.73. The standard InChI is InChI=1S/C22H23F2N3O/c1-2-10-27(13-14-6-7-14)20-9-8-15(11-18(20)24)25-12-16-21-17(23)4-3-5-19(21)26-22(16)28/h3-5,8-9,11-12,14,26,28H,2,6-7,10,13H2,1H3. The van der Waals surface area contributed by atoms with E-state index in [2.05, 4.69) is 21.8 Å². The smallest absolute Gasteiger partial charge is 0.198 e. The second-order valence-electron chi connectivity index (χ2n) is 7.33. The minimum Gasteiger partial charge on any atom is -0.494 e. The van der Waals surface area contributed by atoms with Crippen LogP contribution < -0.4 is 4.90 Å². The van der Waals surface area contributed by atoms with Crippen LogP contribution in [0.25, 0.3) is 10.9 Å². The van der Waals surface area contributed by atoms with E-state index in [0.717, 1.165) is 19.5 Å². The first-order valence-electron chi connectivity index (χ1n) is 9.64. The maximum Gasteiger partial charge on any atom is 0.198 e. The Labute approximate surface area is 162 Å². The van der Waals surface area contributed by atoms with Gasteiger partial charge in [-0.25, -0.2) is 8.78 Å². The zero-order chi connectivity index (χ0) is 19.7. The number of fused-ring (bicyclic) bond motifs is 1. The number of benzene rings is 2. The van der Waals surface area contributed by atoms with Crippen molar-refractivity contribution in [1.82, 2.24) is 4.98 Å². The second-order valence-corrected chi connectivity index (χ2v) is 7.33. The number of hydrogen-bond donors (Lipinski definition) is 2. The molecule has 1 heterocycles. The summed E-state index contributed by atoms with van der Waals surface area (Å²) in [6, 6.07) is 9.42. The van der Waals surface area contributed by atoms with Crippen molar-refractivity contribution in [2.24, 2.45) is 10.9 Å². The molecule has 3 aromatic rings. The molecule has 0 radical (unpaired) electrons. The quantitative estimate of drug-likeness (QED) is 0.527. The molecule has 2 N–H and O–H groups in total. The summed E-state index contributed by atoms with van der Waals surface area (Å²) in [7, 11) is 0. The zero-order valence-corrected chi connectivity index (χ0v) is 15.8. The third-order valence-corrected chi connectivity index (χ3v) is 5.07. The van der Waals surface area contributed by atoms with E-state index in [4.69, 9.17) is 0 Å². The molecule has 0 saturated heterocycles. The molecule has 0 bridgehead atoms. The van der Waals surface area contributed by atoms with Crippen LogP contribution in [0.3, 0.4) is 0 Å². The normalized spacial score (nSPS) is 14.2. The summed E-state index contributed by atoms with van der Waals surface area (Å²) in [5.74, 6) is -0.270. The Bertz CT molecular complexity index is 1020. The fraction of sp³-hybridized carbons (Fsp3) is 0.318. The highest BCUT2D eigenvalue weighted by molar-refractivity contribution is 6.02. The van der Waals surface area contributed by atoms with Gasteiger partial charge >= 0.3 is 0 Å². The van der Waals surface area contributed by atoms with E-state index in [-0.39, 0.29) is 22.6 Å². The highest BCUT2D eigenvalue weighted by Crippen LogP contribution is 2.33. The lowest BCUT2D eigenvalue weighted by Gasteiger charge is -2.24. The van der Waals surface area contributed by atoms with Gasteiger partial charge < -0.3 is 15.0 Å². The van der Waals surface area contributed by atoms with Gasteiger partial charge in [-0.05, 0) is 49.4 Å². The maximum absolute atomic E-state index is 14.7. The van der Waals surface area contributed by atoms with Crippen molar-refractivity contribution in [3.05, 3.63) is 53.6 Å². The van der Waals surface area contributed by atoms with Crippen LogP contribution in [0.5, 0.6) is 5.88 Å². The van der Waals surface area contributed by atoms with Crippen molar-refractivity contribution >= 4 is 28.5 Å². The molecule has 146 valence electrons. The van der Waals surface area contributed by atoms with Crippen molar-refractivity contribution in [3.63, 3.8) is 0 Å². The van der Waals surface area contributed by atoms with Crippen LogP contribution in [-0.4, -0.2) is 29.4 Å². The summed E-state index contributed by atoms with van der Waals surface area (Å²) in [6.45, 7) is 3.79. The van der Waals surface area contributed by atoms with Gasteiger partial charge in [0.25, 0.3) is 0 Å². The van der Waals surface area contributed by atoms with Crippen molar-refractivity contribution in [2.75, 3.05) is 18.0 Å². The van der Waals surface area contributed by atoms with Crippen LogP contribution in [0, 0.1) is 17.6 Å². The van der Waals surface area contributed by atoms with Crippen LogP contribution in [0.15, 0.2) is 41.4 Å². The fourth-order valence-electron chi connectivity index (χ4n) is 3.50. The number of halogens is 2. The molecule has 2 aromatic carbocycles. The van der Waals surface area contributed by atoms with Gasteiger partial charge in [0, 0.05) is 30.8 Å². The van der Waals surface area contributed by atoms with Crippen molar-refractivity contribution in [2.45, 2.75) is 26.2 Å². The number of anilines is 1. The number of aromatic nitrogens is 1. The Hall–Kier alpha value is -2.89. The molecule has 4 rings (SSSR count). The van der Waals surface area contributed by atoms with Gasteiger partial charge in [-0.1, -0.05) is 13.0 Å². The molecule has 1 aliphatic rings. The first kappa shape index (κ1) is 18.5. The predicted octanol–water partition coefficient (Wildman–Crippen LogP) is 5.53. The Kier molecular flexibility index (Phi) is 5.03. The van der Waals surface area contributed by atoms with E-state index in [0.29, 0.717) is 22.8 Å². The van der Waals surface area contributed by atoms with Crippen LogP contribution in [0.4, 0.5) is 20.2 Å². The van der Waals surface area contributed by atoms with Gasteiger partial charge in [-0.3, -0.25) is 4.99 Å². The first-order valence-corrected chi connectivity index (χ1v) is 9.64. The van der Waals surface area contributed by atoms with Crippen LogP contribution >= 0.6 is 0 Å². The topological polar surface area (TPSA) is 51.6 Å². The summed E-state index contributed by atoms with van der Waals surface area (Å²) in [5, 5.41) is 10.3. The second kappa shape index (κ2) is 7.62. The van der Waals surface area contributed by atoms with E-state index in [9.17, 15) is 13.9 Å². The van der Waals surface area contributed by atoms with Crippen molar-refractivity contribution < 1.29 is 13.9 Å². The average molecular weight is 383 g/mol. The molecule has 6 heteroatoms. The van der Waals surface area contributed by atoms with E-state index < -0.39 is 5.82 Å². The van der Waals surface area contributed by atoms with E-state index in [1.54, 1.807) is 24.3 Å². The molecule has 1 fully saturated rings. The molecule has 28 heavy (non-hydrogen) atoms. The highest BCUT2D eigenvalue weighted by Gasteiger charge is 2.25. The molecule has 0 spiro atoms. The Morgan fingerprint density at radius 2 is 2.04 bits per heavy atom. The lowest BCUT2D eigenvalue weighted by Crippen LogP contribution is -2.27. The molecule has 1 aliphatic carbocycles. The molecule has 1 aromatic heterocycles. The molecule has 4 nitrogen and oxygen atoms in total. The molecule has 0 aliphatic heterocycles. The van der Waals surface area contributed by atoms with Crippen molar-refractivity contribution in [3.8, 4) is 5.88 Å². The Balaban J connectivity index is 1.60. The zero-order valence-electron chi connectivity index (χ0n) is 15.8. The average Bonchev–Trinajstić information content (AvgIpc) is 3.41. The summed E-state index contributed by atoms with van der Waals surface area (Å²) < 4.78 is 28.8. The van der Waals surface area contributed by atoms with Crippen LogP contribution in [0.1, 0.15) is 31.7 Å². The molecule has 0 amide bonds. The van der Waals surface area contributed by atoms with Gasteiger partial charge in [0.1, 0.15) is 11.6 Å². The Morgan fingerprint density at radius 3 is 2.75 bits per heavy atom. The van der Waals surface area contributed by atoms with E-state index in [1.807, 2.05) is 0 Å². The maximum atomic E-state index is 14.7. The molecule has 0 unspecified atom stereocenters. The van der Waals surface area contributed by atoms with Crippen molar-refractivity contribution in [1.29, 1.82) is 0 Å². The fourth-order valence-corrected chi connectivity index (χ4v) is 3.50. The molecule has 1 saturated carbocycles. The van der Waals surface area contributed by atoms with Gasteiger partial charge in [0.15, 0.2) is 5.88 Å². The third kappa shape index (κ3) is 3.72. The number of aromatic hydroxyl groups is 1. The molecular weight excluding hydrogens is 360 g/mol. The largest absolute Gasteiger partial charge is 0.494 e. The van der Waals surface area contributed by atoms with Gasteiger partial charge in [-0.15, -0.1) is 0 Å². The third-order valence-electron chi connectivity index (χ3n) is 5.07. The number of hydrogen-bond acceptors (Lipinski definition) is 3. The monoisotopic (exact) mass is 383 g/mol. The highest BCUT2D eigenvalue weighted by atomic mass is 19.1. The van der Waals surface area contributed by atoms with Crippen LogP contribution in [0.2, 0.25) is 0 Å². The SMILES string of the molecule is CCCN(CC1CC1)c1ccc(N=Cc2c(O)[nH]c3cccc(F)c23)cc1F. The van der Waals surface area contributed by atoms with E-state index in [1.165, 1.54) is 31.2 Å². The number of aliphatic imine (C=N–C) groups is 1. The first-order chi connectivity index (χ1) is 13.6. The van der Waals surface area contributed by atoms with Gasteiger partial charge in [-0.2, -0.15) is 0 Å². The van der Waals surface area contributed by atoms with Gasteiger partial charge in [0.05, 0.1) is 22.5 Å². The molecular formula is C22H23F2N3O. The summed E-state index contributed by atoms with van der Waals surface area (Å²) >= 11 is 0. The predicted molar refractivity (Wildman–Crippen MR) is 109 cm³/mol. The minimum absolute atomic E-state index is 0.167. The Morgan fingerprint density at radius 1 is 1.21 bits per heavy atom. The summed E-state index contributed by atoms with van der Waals surface area (Å²) in [4.78, 5) is 9.07. The molecule has 0 atom stereocenters.